The number of hydrogen-bond donors (Lipinski definition) is 1. The van der Waals surface area contributed by atoms with Gasteiger partial charge in [-0.25, -0.2) is 0 Å². The minimum absolute atomic E-state index is 0. The molecule has 2 saturated heterocycles. The zero-order valence-corrected chi connectivity index (χ0v) is 17.6. The number of hydrogen-bond acceptors (Lipinski definition) is 4. The molecule has 0 saturated carbocycles. The maximum absolute atomic E-state index is 13.1. The van der Waals surface area contributed by atoms with Crippen molar-refractivity contribution >= 4 is 29.7 Å². The van der Waals surface area contributed by atoms with Crippen molar-refractivity contribution in [3.8, 4) is 0 Å². The summed E-state index contributed by atoms with van der Waals surface area (Å²) in [5, 5.41) is 5.75. The Bertz CT molecular complexity index is 817. The first kappa shape index (κ1) is 19.9. The summed E-state index contributed by atoms with van der Waals surface area (Å²) in [4.78, 5) is 16.5. The Hall–Kier alpha value is -1.40. The molecular weight excluding hydrogens is 392 g/mol. The van der Waals surface area contributed by atoms with Crippen LogP contribution in [0.1, 0.15) is 47.7 Å². The van der Waals surface area contributed by atoms with Crippen molar-refractivity contribution in [2.45, 2.75) is 49.8 Å². The third-order valence-electron chi connectivity index (χ3n) is 6.44. The van der Waals surface area contributed by atoms with E-state index >= 15 is 0 Å². The lowest BCUT2D eigenvalue weighted by molar-refractivity contribution is -0.142. The lowest BCUT2D eigenvalue weighted by atomic mass is 9.85. The Morgan fingerprint density at radius 2 is 1.93 bits per heavy atom. The van der Waals surface area contributed by atoms with E-state index < -0.39 is 0 Å². The molecule has 0 aliphatic carbocycles. The molecule has 28 heavy (non-hydrogen) atoms. The number of fused-ring (bicyclic) bond motifs is 2. The van der Waals surface area contributed by atoms with Crippen LogP contribution in [-0.4, -0.2) is 36.5 Å². The van der Waals surface area contributed by atoms with E-state index in [2.05, 4.69) is 45.9 Å². The van der Waals surface area contributed by atoms with Crippen molar-refractivity contribution in [1.82, 2.24) is 10.2 Å². The molecule has 6 heteroatoms. The highest BCUT2D eigenvalue weighted by atomic mass is 35.5. The lowest BCUT2D eigenvalue weighted by Crippen LogP contribution is -2.51. The van der Waals surface area contributed by atoms with Crippen LogP contribution in [0.15, 0.2) is 41.8 Å². The molecule has 1 amide bonds. The second-order valence-corrected chi connectivity index (χ2v) is 8.87. The highest BCUT2D eigenvalue weighted by Crippen LogP contribution is 2.44. The van der Waals surface area contributed by atoms with Crippen LogP contribution in [0.5, 0.6) is 0 Å². The molecule has 4 nitrogen and oxygen atoms in total. The van der Waals surface area contributed by atoms with Gasteiger partial charge in [0.05, 0.1) is 12.6 Å². The van der Waals surface area contributed by atoms with Crippen molar-refractivity contribution in [2.24, 2.45) is 0 Å². The lowest BCUT2D eigenvalue weighted by Gasteiger charge is -2.44. The van der Waals surface area contributed by atoms with Gasteiger partial charge >= 0.3 is 0 Å². The highest BCUT2D eigenvalue weighted by molar-refractivity contribution is 7.10. The molecule has 1 N–H and O–H groups in total. The topological polar surface area (TPSA) is 41.6 Å². The first-order valence-electron chi connectivity index (χ1n) is 10.1. The number of piperidine rings is 1. The molecule has 150 valence electrons. The second-order valence-electron chi connectivity index (χ2n) is 7.95. The van der Waals surface area contributed by atoms with Gasteiger partial charge in [-0.3, -0.25) is 10.1 Å². The minimum Gasteiger partial charge on any atom is -0.369 e. The van der Waals surface area contributed by atoms with Crippen LogP contribution in [0.4, 0.5) is 0 Å². The number of likely N-dealkylation sites (tertiary alicyclic amines) is 1. The summed E-state index contributed by atoms with van der Waals surface area (Å²) < 4.78 is 6.28. The number of carbonyl (C=O) groups excluding carboxylic acids is 1. The standard InChI is InChI=1S/C22H26N2O2S.ClH/c25-21(19-7-6-18(23-19)16-4-2-1-3-5-16)24-12-10-22(11-13-24)20-17(8-14-26-22)9-15-27-20;/h1-5,9,15,18-19,23H,6-8,10-14H2;1H/t18-,19-;/m1./s1. The maximum atomic E-state index is 13.1. The second kappa shape index (κ2) is 8.15. The number of carbonyl (C=O) groups is 1. The van der Waals surface area contributed by atoms with Crippen LogP contribution < -0.4 is 5.32 Å². The molecule has 1 aromatic carbocycles. The van der Waals surface area contributed by atoms with E-state index in [0.717, 1.165) is 51.8 Å². The molecule has 1 spiro atoms. The maximum Gasteiger partial charge on any atom is 0.239 e. The monoisotopic (exact) mass is 418 g/mol. The van der Waals surface area contributed by atoms with E-state index in [1.54, 1.807) is 0 Å². The summed E-state index contributed by atoms with van der Waals surface area (Å²) >= 11 is 1.82. The van der Waals surface area contributed by atoms with Crippen molar-refractivity contribution in [1.29, 1.82) is 0 Å². The molecule has 1 aromatic heterocycles. The third-order valence-corrected chi connectivity index (χ3v) is 7.58. The average molecular weight is 419 g/mol. The smallest absolute Gasteiger partial charge is 0.239 e. The Balaban J connectivity index is 0.00000192. The zero-order chi connectivity index (χ0) is 18.3. The van der Waals surface area contributed by atoms with Crippen LogP contribution in [0.2, 0.25) is 0 Å². The number of thiophene rings is 1. The Morgan fingerprint density at radius 3 is 2.71 bits per heavy atom. The molecule has 2 fully saturated rings. The highest BCUT2D eigenvalue weighted by Gasteiger charge is 2.43. The Labute approximate surface area is 176 Å². The summed E-state index contributed by atoms with van der Waals surface area (Å²) in [6, 6.07) is 13.0. The van der Waals surface area contributed by atoms with E-state index in [1.165, 1.54) is 16.0 Å². The van der Waals surface area contributed by atoms with Gasteiger partial charge in [0.1, 0.15) is 5.60 Å². The van der Waals surface area contributed by atoms with Gasteiger partial charge in [-0.2, -0.15) is 0 Å². The molecule has 2 atom stereocenters. The Morgan fingerprint density at radius 1 is 1.14 bits per heavy atom. The Kier molecular flexibility index (Phi) is 5.79. The van der Waals surface area contributed by atoms with Crippen LogP contribution in [0, 0.1) is 0 Å². The fraction of sp³-hybridized carbons (Fsp3) is 0.500. The average Bonchev–Trinajstić information content (AvgIpc) is 3.39. The number of halogens is 1. The van der Waals surface area contributed by atoms with Crippen molar-refractivity contribution in [2.75, 3.05) is 19.7 Å². The number of rotatable bonds is 2. The van der Waals surface area contributed by atoms with Crippen LogP contribution >= 0.6 is 23.7 Å². The zero-order valence-electron chi connectivity index (χ0n) is 15.9. The third kappa shape index (κ3) is 3.50. The summed E-state index contributed by atoms with van der Waals surface area (Å²) in [6.45, 7) is 2.40. The van der Waals surface area contributed by atoms with Crippen LogP contribution in [-0.2, 0) is 21.6 Å². The quantitative estimate of drug-likeness (QED) is 0.799. The normalized spacial score (nSPS) is 25.9. The van der Waals surface area contributed by atoms with E-state index in [-0.39, 0.29) is 30.0 Å². The molecular formula is C22H27ClN2O2S. The van der Waals surface area contributed by atoms with E-state index in [9.17, 15) is 4.79 Å². The van der Waals surface area contributed by atoms with Gasteiger partial charge in [-0.05, 0) is 54.7 Å². The number of benzene rings is 1. The summed E-state index contributed by atoms with van der Waals surface area (Å²) in [6.07, 6.45) is 4.81. The molecule has 5 rings (SSSR count). The van der Waals surface area contributed by atoms with Gasteiger partial charge in [-0.15, -0.1) is 23.7 Å². The molecule has 3 aliphatic rings. The molecule has 0 bridgehead atoms. The molecule has 0 unspecified atom stereocenters. The SMILES string of the molecule is Cl.O=C([C@H]1CC[C@H](c2ccccc2)N1)N1CCC2(CC1)OCCc1ccsc12. The number of ether oxygens (including phenoxy) is 1. The van der Waals surface area contributed by atoms with E-state index in [0.29, 0.717) is 6.04 Å². The number of amides is 1. The van der Waals surface area contributed by atoms with Gasteiger partial charge in [0.15, 0.2) is 0 Å². The van der Waals surface area contributed by atoms with Crippen LogP contribution in [0.3, 0.4) is 0 Å². The fourth-order valence-electron chi connectivity index (χ4n) is 4.92. The molecule has 2 aromatic rings. The van der Waals surface area contributed by atoms with Gasteiger partial charge in [0.2, 0.25) is 5.91 Å². The van der Waals surface area contributed by atoms with Crippen molar-refractivity contribution < 1.29 is 9.53 Å². The van der Waals surface area contributed by atoms with Gasteiger partial charge < -0.3 is 9.64 Å². The first-order valence-corrected chi connectivity index (χ1v) is 10.9. The first-order chi connectivity index (χ1) is 13.3. The molecule has 0 radical (unpaired) electrons. The number of nitrogens with one attached hydrogen (secondary N) is 1. The predicted molar refractivity (Wildman–Crippen MR) is 114 cm³/mol. The van der Waals surface area contributed by atoms with Gasteiger partial charge in [0, 0.05) is 24.0 Å². The summed E-state index contributed by atoms with van der Waals surface area (Å²) in [5.74, 6) is 0.269. The van der Waals surface area contributed by atoms with Crippen LogP contribution in [0.25, 0.3) is 0 Å². The minimum atomic E-state index is -0.145. The predicted octanol–water partition coefficient (Wildman–Crippen LogP) is 4.05. The number of nitrogens with zero attached hydrogens (tertiary/aromatic N) is 1. The fourth-order valence-corrected chi connectivity index (χ4v) is 6.09. The van der Waals surface area contributed by atoms with Gasteiger partial charge in [-0.1, -0.05) is 30.3 Å². The molecule has 4 heterocycles. The largest absolute Gasteiger partial charge is 0.369 e. The van der Waals surface area contributed by atoms with E-state index in [1.807, 2.05) is 17.4 Å². The molecule has 3 aliphatic heterocycles. The summed E-state index contributed by atoms with van der Waals surface area (Å²) in [5.41, 5.74) is 2.59. The van der Waals surface area contributed by atoms with Crippen molar-refractivity contribution in [3.63, 3.8) is 0 Å². The van der Waals surface area contributed by atoms with Crippen molar-refractivity contribution in [3.05, 3.63) is 57.8 Å². The summed E-state index contributed by atoms with van der Waals surface area (Å²) in [7, 11) is 0. The van der Waals surface area contributed by atoms with Gasteiger partial charge in [0.25, 0.3) is 0 Å². The van der Waals surface area contributed by atoms with E-state index in [4.69, 9.17) is 4.74 Å².